The first-order valence-electron chi connectivity index (χ1n) is 4.45. The van der Waals surface area contributed by atoms with Gasteiger partial charge in [-0.25, -0.2) is 12.3 Å². The molecule has 1 atom stereocenters. The molecule has 15 heavy (non-hydrogen) atoms. The molecule has 0 aromatic carbocycles. The summed E-state index contributed by atoms with van der Waals surface area (Å²) in [5.74, 6) is 0. The average Bonchev–Trinajstić information content (AvgIpc) is 2.17. The number of alkyl halides is 2. The molecule has 1 heterocycles. The lowest BCUT2D eigenvalue weighted by atomic mass is 10.4. The van der Waals surface area contributed by atoms with E-state index in [9.17, 15) is 12.3 Å². The van der Waals surface area contributed by atoms with Crippen molar-refractivity contribution in [3.63, 3.8) is 0 Å². The first-order chi connectivity index (χ1) is 7.09. The predicted molar refractivity (Wildman–Crippen MR) is 66.7 cm³/mol. The maximum atomic E-state index is 10.9. The molecule has 0 aliphatic carbocycles. The highest BCUT2D eigenvalue weighted by atomic mass is 127. The second-order valence-corrected chi connectivity index (χ2v) is 8.81. The Bertz CT molecular complexity index is 316. The summed E-state index contributed by atoms with van der Waals surface area (Å²) < 4.78 is 47.3. The van der Waals surface area contributed by atoms with Gasteiger partial charge in [-0.15, -0.1) is 0 Å². The summed E-state index contributed by atoms with van der Waals surface area (Å²) in [5, 5.41) is 0. The Labute approximate surface area is 102 Å². The van der Waals surface area contributed by atoms with Gasteiger partial charge >= 0.3 is 39.6 Å². The van der Waals surface area contributed by atoms with Crippen molar-refractivity contribution in [2.24, 2.45) is 0 Å². The fraction of sp³-hybridized carbons (Fsp3) is 1.00. The van der Waals surface area contributed by atoms with Crippen molar-refractivity contribution in [2.75, 3.05) is 37.3 Å². The third-order valence-corrected chi connectivity index (χ3v) is 7.85. The quantitative estimate of drug-likeness (QED) is 0.466. The maximum Gasteiger partial charge on any atom is 0.312 e. The Hall–Kier alpha value is 0.580. The topological polar surface area (TPSA) is 80.8 Å². The largest absolute Gasteiger partial charge is 0.379 e. The number of halogens is 2. The van der Waals surface area contributed by atoms with Crippen LogP contribution in [0.5, 0.6) is 0 Å². The number of ether oxygens (including phenoxy) is 1. The zero-order valence-electron chi connectivity index (χ0n) is 8.06. The molecule has 1 unspecified atom stereocenters. The van der Waals surface area contributed by atoms with Gasteiger partial charge in [-0.2, -0.15) is 0 Å². The summed E-state index contributed by atoms with van der Waals surface area (Å²) in [6.45, 7) is 2.91. The van der Waals surface area contributed by atoms with Crippen LogP contribution in [0.25, 0.3) is 0 Å². The van der Waals surface area contributed by atoms with Crippen LogP contribution in [0.4, 0.5) is 0 Å². The van der Waals surface area contributed by atoms with Crippen molar-refractivity contribution < 1.29 is 17.0 Å². The molecular weight excluding hydrogens is 432 g/mol. The Balaban J connectivity index is 2.49. The minimum absolute atomic E-state index is 0.154. The second-order valence-electron chi connectivity index (χ2n) is 3.19. The van der Waals surface area contributed by atoms with Crippen molar-refractivity contribution >= 4 is 39.6 Å². The van der Waals surface area contributed by atoms with Gasteiger partial charge in [0, 0.05) is 19.6 Å². The second kappa shape index (κ2) is 7.01. The molecule has 0 aromatic heterocycles. The fourth-order valence-corrected chi connectivity index (χ4v) is 7.21. The van der Waals surface area contributed by atoms with Gasteiger partial charge in [0.2, 0.25) is 0 Å². The van der Waals surface area contributed by atoms with Crippen LogP contribution in [-0.4, -0.2) is 46.1 Å². The van der Waals surface area contributed by atoms with E-state index in [2.05, 4.69) is 0 Å². The molecule has 90 valence electrons. The van der Waals surface area contributed by atoms with Crippen LogP contribution in [0.2, 0.25) is 0 Å². The molecule has 0 N–H and O–H groups in total. The Kier molecular flexibility index (Phi) is 6.38. The number of rotatable bonds is 5. The highest BCUT2D eigenvalue weighted by Crippen LogP contribution is 2.23. The van der Waals surface area contributed by atoms with E-state index < -0.39 is 43.5 Å². The van der Waals surface area contributed by atoms with Crippen LogP contribution in [0.1, 0.15) is 0 Å². The molecule has 6 nitrogen and oxygen atoms in total. The number of hydrogen-bond acceptors (Lipinski definition) is 6. The lowest BCUT2D eigenvalue weighted by Gasteiger charge is -2.27. The highest BCUT2D eigenvalue weighted by Gasteiger charge is 2.22. The molecule has 1 rings (SSSR count). The Morgan fingerprint density at radius 3 is 2.20 bits per heavy atom. The average molecular weight is 445 g/mol. The van der Waals surface area contributed by atoms with Crippen molar-refractivity contribution in [3.8, 4) is 0 Å². The number of nitrogens with zero attached hydrogens (tertiary/aromatic N) is 1. The van der Waals surface area contributed by atoms with Gasteiger partial charge in [-0.05, 0) is 0 Å². The molecule has 1 fully saturated rings. The fourth-order valence-electron chi connectivity index (χ4n) is 1.35. The first-order valence-corrected chi connectivity index (χ1v) is 10.7. The van der Waals surface area contributed by atoms with E-state index in [-0.39, 0.29) is 4.43 Å². The monoisotopic (exact) mass is 445 g/mol. The van der Waals surface area contributed by atoms with E-state index in [0.717, 1.165) is 0 Å². The third-order valence-electron chi connectivity index (χ3n) is 2.11. The van der Waals surface area contributed by atoms with Crippen LogP contribution in [-0.2, 0) is 17.0 Å². The number of morpholine rings is 1. The van der Waals surface area contributed by atoms with E-state index in [4.69, 9.17) is 4.74 Å². The van der Waals surface area contributed by atoms with Crippen LogP contribution < -0.4 is 0 Å². The first kappa shape index (κ1) is 13.6. The lowest BCUT2D eigenvalue weighted by molar-refractivity contribution is 0.0392. The molecule has 0 amide bonds. The van der Waals surface area contributed by atoms with E-state index in [1.165, 1.54) is 0 Å². The Morgan fingerprint density at radius 2 is 1.73 bits per heavy atom. The van der Waals surface area contributed by atoms with Gasteiger partial charge in [-0.1, -0.05) is 0 Å². The molecule has 1 aliphatic heterocycles. The minimum atomic E-state index is -3.52. The number of hydrogen-bond donors (Lipinski definition) is 0. The van der Waals surface area contributed by atoms with Gasteiger partial charge in [0.25, 0.3) is 0 Å². The molecule has 1 aliphatic rings. The molecule has 1 saturated heterocycles. The van der Waals surface area contributed by atoms with Gasteiger partial charge in [0.1, 0.15) is 0 Å². The summed E-state index contributed by atoms with van der Waals surface area (Å²) in [4.78, 5) is 1.95. The summed E-state index contributed by atoms with van der Waals surface area (Å²) in [6, 6.07) is 0. The third kappa shape index (κ3) is 5.45. The van der Waals surface area contributed by atoms with Crippen molar-refractivity contribution in [3.05, 3.63) is 0 Å². The molecule has 8 heteroatoms. The van der Waals surface area contributed by atoms with E-state index >= 15 is 0 Å². The zero-order valence-corrected chi connectivity index (χ0v) is 12.4. The highest BCUT2D eigenvalue weighted by molar-refractivity contribution is 14.2. The summed E-state index contributed by atoms with van der Waals surface area (Å²) >= 11 is -6.95. The van der Waals surface area contributed by atoms with Crippen molar-refractivity contribution in [1.82, 2.24) is 4.90 Å². The predicted octanol–water partition coefficient (Wildman–Crippen LogP) is 1.08. The molecule has 0 spiro atoms. The molecule has 0 radical (unpaired) electrons. The van der Waals surface area contributed by atoms with Crippen molar-refractivity contribution in [1.29, 1.82) is 0 Å². The molecule has 0 saturated carbocycles. The SMILES string of the molecule is O=I(=O)CC(CN1CCOCC1)I(=O)=O. The van der Waals surface area contributed by atoms with Gasteiger partial charge in [0.15, 0.2) is 0 Å². The molecular formula is C7H13I2NO5. The van der Waals surface area contributed by atoms with Crippen LogP contribution in [0, 0.1) is 0 Å². The van der Waals surface area contributed by atoms with Gasteiger partial charge < -0.3 is 4.74 Å². The summed E-state index contributed by atoms with van der Waals surface area (Å²) in [5.41, 5.74) is 0. The van der Waals surface area contributed by atoms with Gasteiger partial charge in [-0.3, -0.25) is 4.90 Å². The van der Waals surface area contributed by atoms with Crippen LogP contribution in [0.15, 0.2) is 0 Å². The van der Waals surface area contributed by atoms with Crippen LogP contribution >= 0.6 is 39.6 Å². The zero-order chi connectivity index (χ0) is 11.3. The van der Waals surface area contributed by atoms with E-state index in [0.29, 0.717) is 32.8 Å². The van der Waals surface area contributed by atoms with Crippen LogP contribution in [0.3, 0.4) is 0 Å². The van der Waals surface area contributed by atoms with Gasteiger partial charge in [0.05, 0.1) is 21.6 Å². The Morgan fingerprint density at radius 1 is 1.13 bits per heavy atom. The van der Waals surface area contributed by atoms with E-state index in [1.807, 2.05) is 4.90 Å². The summed E-state index contributed by atoms with van der Waals surface area (Å²) in [7, 11) is 0. The molecule has 0 bridgehead atoms. The standard InChI is InChI=1S/C7H13I2NO5/c11-8(12)5-7(9(13)14)6-10-1-3-15-4-2-10/h7H,1-6H2. The van der Waals surface area contributed by atoms with E-state index in [1.54, 1.807) is 0 Å². The normalized spacial score (nSPS) is 20.9. The molecule has 0 aromatic rings. The summed E-state index contributed by atoms with van der Waals surface area (Å²) in [6.07, 6.45) is 0. The smallest absolute Gasteiger partial charge is 0.312 e. The maximum absolute atomic E-state index is 10.9. The minimum Gasteiger partial charge on any atom is -0.379 e. The lowest BCUT2D eigenvalue weighted by Crippen LogP contribution is -2.40. The van der Waals surface area contributed by atoms with Crippen molar-refractivity contribution in [2.45, 2.75) is 3.92 Å².